The summed E-state index contributed by atoms with van der Waals surface area (Å²) in [6, 6.07) is 7.94. The van der Waals surface area contributed by atoms with Crippen molar-refractivity contribution >= 4 is 22.7 Å². The van der Waals surface area contributed by atoms with Crippen molar-refractivity contribution in [2.24, 2.45) is 20.8 Å². The summed E-state index contributed by atoms with van der Waals surface area (Å²) < 4.78 is 3.76. The molecular weight excluding hydrogens is 396 g/mol. The summed E-state index contributed by atoms with van der Waals surface area (Å²) in [6.45, 7) is 8.54. The van der Waals surface area contributed by atoms with Gasteiger partial charge >= 0.3 is 0 Å². The third-order valence-corrected chi connectivity index (χ3v) is 5.66. The van der Waals surface area contributed by atoms with Crippen LogP contribution < -0.4 is 9.60 Å². The van der Waals surface area contributed by atoms with Crippen LogP contribution in [0.2, 0.25) is 0 Å². The van der Waals surface area contributed by atoms with E-state index in [4.69, 9.17) is 0 Å². The molecule has 2 aromatic heterocycles. The number of benzene rings is 1. The lowest BCUT2D eigenvalue weighted by Gasteiger charge is -2.09. The van der Waals surface area contributed by atoms with Gasteiger partial charge in [0.05, 0.1) is 22.0 Å². The van der Waals surface area contributed by atoms with Crippen molar-refractivity contribution in [2.45, 2.75) is 13.1 Å². The normalized spacial score (nSPS) is 12.1. The maximum Gasteiger partial charge on any atom is 0.214 e. The number of nitrogens with zero attached hydrogens (tertiary/aromatic N) is 6. The third-order valence-electron chi connectivity index (χ3n) is 3.95. The van der Waals surface area contributed by atoms with Gasteiger partial charge in [-0.2, -0.15) is 0 Å². The summed E-state index contributed by atoms with van der Waals surface area (Å²) in [4.78, 5) is 22.1. The standard InChI is InChI=1S/C18H16N6O2S2/c1-3-9-23-15(11-27-17(23)19-21-25)13-5-7-14(8-6-13)16-12-28-18(20-22-26)24(16)10-4-2/h3-8,11-12H,1-2,9-10H2/b19-17-,20-18-. The van der Waals surface area contributed by atoms with Crippen molar-refractivity contribution in [1.29, 1.82) is 0 Å². The Morgan fingerprint density at radius 1 is 0.786 bits per heavy atom. The first kappa shape index (κ1) is 19.5. The van der Waals surface area contributed by atoms with E-state index in [9.17, 15) is 9.81 Å². The van der Waals surface area contributed by atoms with Crippen molar-refractivity contribution in [3.63, 3.8) is 0 Å². The van der Waals surface area contributed by atoms with Gasteiger partial charge < -0.3 is 9.13 Å². The van der Waals surface area contributed by atoms with Crippen molar-refractivity contribution in [2.75, 3.05) is 0 Å². The second-order valence-electron chi connectivity index (χ2n) is 5.55. The molecule has 3 aromatic rings. The predicted octanol–water partition coefficient (Wildman–Crippen LogP) is 4.28. The van der Waals surface area contributed by atoms with E-state index in [-0.39, 0.29) is 0 Å². The quantitative estimate of drug-likeness (QED) is 0.314. The number of hydrogen-bond donors (Lipinski definition) is 0. The number of nitroso groups, excluding NO2 is 2. The molecule has 8 nitrogen and oxygen atoms in total. The SMILES string of the molecule is C=CCn1c(-c2ccc(-c3cs/c(=N\N=O)n3CC=C)cc2)cs/c1=N\N=O. The zero-order chi connectivity index (χ0) is 19.9. The van der Waals surface area contributed by atoms with Crippen LogP contribution in [0.5, 0.6) is 0 Å². The van der Waals surface area contributed by atoms with Gasteiger partial charge in [0.2, 0.25) is 9.60 Å². The van der Waals surface area contributed by atoms with E-state index in [1.54, 1.807) is 12.2 Å². The fourth-order valence-corrected chi connectivity index (χ4v) is 4.50. The second-order valence-corrected chi connectivity index (χ2v) is 7.22. The lowest BCUT2D eigenvalue weighted by atomic mass is 10.1. The first-order valence-electron chi connectivity index (χ1n) is 8.15. The number of thiazole rings is 2. The molecule has 142 valence electrons. The Morgan fingerprint density at radius 2 is 1.18 bits per heavy atom. The Kier molecular flexibility index (Phi) is 6.35. The van der Waals surface area contributed by atoms with Gasteiger partial charge in [-0.05, 0) is 11.1 Å². The summed E-state index contributed by atoms with van der Waals surface area (Å²) in [7, 11) is 0. The van der Waals surface area contributed by atoms with Crippen LogP contribution >= 0.6 is 22.7 Å². The first-order valence-corrected chi connectivity index (χ1v) is 9.91. The lowest BCUT2D eigenvalue weighted by Crippen LogP contribution is -2.15. The van der Waals surface area contributed by atoms with E-state index in [1.165, 1.54) is 22.7 Å². The number of hydrogen-bond acceptors (Lipinski definition) is 6. The van der Waals surface area contributed by atoms with Gasteiger partial charge in [-0.1, -0.05) is 46.6 Å². The summed E-state index contributed by atoms with van der Waals surface area (Å²) in [6.07, 6.45) is 3.48. The van der Waals surface area contributed by atoms with Gasteiger partial charge in [0.1, 0.15) is 0 Å². The Morgan fingerprint density at radius 3 is 1.50 bits per heavy atom. The zero-order valence-corrected chi connectivity index (χ0v) is 16.4. The summed E-state index contributed by atoms with van der Waals surface area (Å²) in [5.41, 5.74) is 3.78. The highest BCUT2D eigenvalue weighted by atomic mass is 32.1. The minimum absolute atomic E-state index is 0.516. The molecule has 0 unspecified atom stereocenters. The van der Waals surface area contributed by atoms with Crippen LogP contribution in [0.25, 0.3) is 22.5 Å². The molecule has 0 N–H and O–H groups in total. The van der Waals surface area contributed by atoms with Gasteiger partial charge in [0.25, 0.3) is 0 Å². The van der Waals surface area contributed by atoms with Crippen LogP contribution in [-0.4, -0.2) is 9.13 Å². The van der Waals surface area contributed by atoms with Crippen LogP contribution in [0.4, 0.5) is 0 Å². The van der Waals surface area contributed by atoms with Crippen molar-refractivity contribution < 1.29 is 0 Å². The fourth-order valence-electron chi connectivity index (χ4n) is 2.77. The van der Waals surface area contributed by atoms with E-state index in [0.29, 0.717) is 22.7 Å². The van der Waals surface area contributed by atoms with E-state index >= 15 is 0 Å². The van der Waals surface area contributed by atoms with Crippen LogP contribution in [0.15, 0.2) is 81.1 Å². The summed E-state index contributed by atoms with van der Waals surface area (Å²) >= 11 is 2.69. The molecule has 0 radical (unpaired) electrons. The predicted molar refractivity (Wildman–Crippen MR) is 112 cm³/mol. The Labute approximate surface area is 168 Å². The zero-order valence-electron chi connectivity index (χ0n) is 14.8. The van der Waals surface area contributed by atoms with E-state index < -0.39 is 0 Å². The average molecular weight is 413 g/mol. The minimum atomic E-state index is 0.516. The monoisotopic (exact) mass is 412 g/mol. The highest BCUT2D eigenvalue weighted by Crippen LogP contribution is 2.26. The topological polar surface area (TPSA) is 93.4 Å². The summed E-state index contributed by atoms with van der Waals surface area (Å²) in [5.74, 6) is 0. The van der Waals surface area contributed by atoms with Gasteiger partial charge in [0, 0.05) is 23.8 Å². The lowest BCUT2D eigenvalue weighted by molar-refractivity contribution is 0.786. The smallest absolute Gasteiger partial charge is 0.214 e. The minimum Gasteiger partial charge on any atom is -0.311 e. The molecule has 3 rings (SSSR count). The molecule has 0 aliphatic carbocycles. The fraction of sp³-hybridized carbons (Fsp3) is 0.111. The Bertz CT molecular complexity index is 1060. The Hall–Kier alpha value is -3.24. The molecule has 10 heteroatoms. The molecule has 0 fully saturated rings. The molecule has 0 bridgehead atoms. The van der Waals surface area contributed by atoms with Gasteiger partial charge in [0.15, 0.2) is 0 Å². The number of rotatable bonds is 8. The van der Waals surface area contributed by atoms with Crippen molar-refractivity contribution in [3.05, 3.63) is 79.8 Å². The Balaban J connectivity index is 2.04. The van der Waals surface area contributed by atoms with E-state index in [2.05, 4.69) is 33.9 Å². The molecular formula is C18H16N6O2S2. The molecule has 28 heavy (non-hydrogen) atoms. The van der Waals surface area contributed by atoms with E-state index in [1.807, 2.05) is 44.2 Å². The average Bonchev–Trinajstić information content (AvgIpc) is 3.28. The molecule has 0 aliphatic rings. The molecule has 0 amide bonds. The first-order chi connectivity index (χ1) is 13.7. The van der Waals surface area contributed by atoms with Gasteiger partial charge in [-0.3, -0.25) is 0 Å². The van der Waals surface area contributed by atoms with Crippen LogP contribution in [0.1, 0.15) is 0 Å². The van der Waals surface area contributed by atoms with Crippen LogP contribution in [-0.2, 0) is 13.1 Å². The number of aromatic nitrogens is 2. The summed E-state index contributed by atoms with van der Waals surface area (Å²) in [5, 5.41) is 16.4. The number of allylic oxidation sites excluding steroid dienone is 2. The highest BCUT2D eigenvalue weighted by molar-refractivity contribution is 7.07. The maximum atomic E-state index is 10.5. The molecule has 1 aromatic carbocycles. The molecule has 0 saturated carbocycles. The molecule has 0 aliphatic heterocycles. The van der Waals surface area contributed by atoms with Crippen LogP contribution in [0.3, 0.4) is 0 Å². The van der Waals surface area contributed by atoms with E-state index in [0.717, 1.165) is 22.5 Å². The molecule has 0 atom stereocenters. The largest absolute Gasteiger partial charge is 0.311 e. The molecule has 0 spiro atoms. The van der Waals surface area contributed by atoms with Gasteiger partial charge in [-0.15, -0.1) is 45.6 Å². The van der Waals surface area contributed by atoms with Crippen LogP contribution in [0, 0.1) is 9.81 Å². The maximum absolute atomic E-state index is 10.5. The second kappa shape index (κ2) is 9.11. The molecule has 0 saturated heterocycles. The third kappa shape index (κ3) is 3.87. The van der Waals surface area contributed by atoms with Crippen molar-refractivity contribution in [3.8, 4) is 22.5 Å². The molecule has 2 heterocycles. The van der Waals surface area contributed by atoms with Gasteiger partial charge in [-0.25, -0.2) is 0 Å². The highest BCUT2D eigenvalue weighted by Gasteiger charge is 2.10. The van der Waals surface area contributed by atoms with Crippen molar-refractivity contribution in [1.82, 2.24) is 9.13 Å².